The summed E-state index contributed by atoms with van der Waals surface area (Å²) in [6.45, 7) is 1.43. The first-order valence-corrected chi connectivity index (χ1v) is 9.57. The largest absolute Gasteiger partial charge is 0.454 e. The van der Waals surface area contributed by atoms with Crippen LogP contribution in [0.1, 0.15) is 44.9 Å². The summed E-state index contributed by atoms with van der Waals surface area (Å²) in [6, 6.07) is 21.4. The molecular formula is C24H20N2O4. The summed E-state index contributed by atoms with van der Waals surface area (Å²) in [6.07, 6.45) is 0.142. The lowest BCUT2D eigenvalue weighted by atomic mass is 9.93. The van der Waals surface area contributed by atoms with Crippen LogP contribution in [0.3, 0.4) is 0 Å². The molecule has 1 atom stereocenters. The fourth-order valence-electron chi connectivity index (χ4n) is 3.43. The number of fused-ring (bicyclic) bond motifs is 1. The monoisotopic (exact) mass is 400 g/mol. The van der Waals surface area contributed by atoms with E-state index in [9.17, 15) is 14.4 Å². The lowest BCUT2D eigenvalue weighted by Crippen LogP contribution is -2.23. The van der Waals surface area contributed by atoms with Crippen LogP contribution in [0.4, 0.5) is 11.4 Å². The minimum Gasteiger partial charge on any atom is -0.454 e. The first kappa shape index (κ1) is 19.4. The first-order chi connectivity index (χ1) is 14.5. The highest BCUT2D eigenvalue weighted by Crippen LogP contribution is 2.31. The zero-order chi connectivity index (χ0) is 21.1. The second-order valence-electron chi connectivity index (χ2n) is 7.09. The van der Waals surface area contributed by atoms with E-state index in [1.54, 1.807) is 42.5 Å². The normalized spacial score (nSPS) is 15.0. The van der Waals surface area contributed by atoms with E-state index >= 15 is 0 Å². The summed E-state index contributed by atoms with van der Waals surface area (Å²) in [7, 11) is 0. The number of esters is 1. The highest BCUT2D eigenvalue weighted by atomic mass is 16.5. The van der Waals surface area contributed by atoms with Crippen molar-refractivity contribution >= 4 is 29.2 Å². The molecule has 0 spiro atoms. The van der Waals surface area contributed by atoms with E-state index < -0.39 is 0 Å². The number of amides is 2. The molecule has 0 fully saturated rings. The van der Waals surface area contributed by atoms with Crippen LogP contribution >= 0.6 is 0 Å². The predicted molar refractivity (Wildman–Crippen MR) is 113 cm³/mol. The fraction of sp³-hybridized carbons (Fsp3) is 0.125. The average Bonchev–Trinajstić information content (AvgIpc) is 2.75. The Balaban J connectivity index is 1.51. The van der Waals surface area contributed by atoms with Gasteiger partial charge in [0.05, 0.1) is 5.56 Å². The van der Waals surface area contributed by atoms with E-state index in [4.69, 9.17) is 4.74 Å². The summed E-state index contributed by atoms with van der Waals surface area (Å²) < 4.78 is 5.56. The molecule has 0 saturated heterocycles. The Labute approximate surface area is 173 Å². The topological polar surface area (TPSA) is 84.5 Å². The van der Waals surface area contributed by atoms with Crippen molar-refractivity contribution in [1.82, 2.24) is 0 Å². The smallest absolute Gasteiger partial charge is 0.339 e. The molecule has 6 nitrogen and oxygen atoms in total. The van der Waals surface area contributed by atoms with E-state index in [1.165, 1.54) is 6.92 Å². The summed E-state index contributed by atoms with van der Waals surface area (Å²) in [5.41, 5.74) is 3.91. The number of hydrogen-bond donors (Lipinski definition) is 2. The first-order valence-electron chi connectivity index (χ1n) is 9.57. The van der Waals surface area contributed by atoms with Crippen molar-refractivity contribution in [2.75, 3.05) is 10.6 Å². The molecule has 6 heteroatoms. The summed E-state index contributed by atoms with van der Waals surface area (Å²) in [5.74, 6) is -0.820. The molecule has 0 bridgehead atoms. The van der Waals surface area contributed by atoms with Crippen LogP contribution in [0.2, 0.25) is 0 Å². The SMILES string of the molecule is CC(=O)Nc1ccc(NC(=O)c2ccc3c(c2)C[C@@H](c2ccccc2)OC3=O)cc1. The Hall–Kier alpha value is -3.93. The van der Waals surface area contributed by atoms with Gasteiger partial charge in [-0.2, -0.15) is 0 Å². The summed E-state index contributed by atoms with van der Waals surface area (Å²) in [5, 5.41) is 5.51. The van der Waals surface area contributed by atoms with E-state index in [-0.39, 0.29) is 23.9 Å². The number of benzene rings is 3. The fourth-order valence-corrected chi connectivity index (χ4v) is 3.43. The number of carbonyl (C=O) groups excluding carboxylic acids is 3. The molecule has 1 heterocycles. The van der Waals surface area contributed by atoms with Crippen molar-refractivity contribution in [2.24, 2.45) is 0 Å². The van der Waals surface area contributed by atoms with Crippen molar-refractivity contribution in [3.63, 3.8) is 0 Å². The summed E-state index contributed by atoms with van der Waals surface area (Å²) in [4.78, 5) is 36.2. The predicted octanol–water partition coefficient (Wildman–Crippen LogP) is 4.35. The molecule has 0 unspecified atom stereocenters. The Morgan fingerprint density at radius 3 is 2.23 bits per heavy atom. The van der Waals surface area contributed by atoms with Crippen molar-refractivity contribution in [3.8, 4) is 0 Å². The van der Waals surface area contributed by atoms with E-state index in [1.807, 2.05) is 30.3 Å². The lowest BCUT2D eigenvalue weighted by molar-refractivity contribution is -0.114. The maximum Gasteiger partial charge on any atom is 0.339 e. The lowest BCUT2D eigenvalue weighted by Gasteiger charge is -2.25. The van der Waals surface area contributed by atoms with Crippen LogP contribution in [0.15, 0.2) is 72.8 Å². The zero-order valence-electron chi connectivity index (χ0n) is 16.3. The van der Waals surface area contributed by atoms with Gasteiger partial charge in [0, 0.05) is 30.3 Å². The summed E-state index contributed by atoms with van der Waals surface area (Å²) >= 11 is 0. The third-order valence-electron chi connectivity index (χ3n) is 4.88. The van der Waals surface area contributed by atoms with Gasteiger partial charge in [-0.05, 0) is 53.6 Å². The van der Waals surface area contributed by atoms with Gasteiger partial charge in [0.2, 0.25) is 5.91 Å². The van der Waals surface area contributed by atoms with Gasteiger partial charge in [-0.3, -0.25) is 9.59 Å². The Morgan fingerprint density at radius 1 is 0.900 bits per heavy atom. The average molecular weight is 400 g/mol. The number of anilines is 2. The highest BCUT2D eigenvalue weighted by molar-refractivity contribution is 6.05. The number of cyclic esters (lactones) is 1. The molecule has 150 valence electrons. The second-order valence-corrected chi connectivity index (χ2v) is 7.09. The molecule has 3 aromatic rings. The van der Waals surface area contributed by atoms with E-state index in [0.29, 0.717) is 28.9 Å². The van der Waals surface area contributed by atoms with E-state index in [2.05, 4.69) is 10.6 Å². The van der Waals surface area contributed by atoms with Gasteiger partial charge in [0.15, 0.2) is 0 Å². The third kappa shape index (κ3) is 4.22. The quantitative estimate of drug-likeness (QED) is 0.638. The number of carbonyl (C=O) groups is 3. The molecule has 1 aliphatic heterocycles. The number of nitrogens with one attached hydrogen (secondary N) is 2. The van der Waals surface area contributed by atoms with E-state index in [0.717, 1.165) is 11.1 Å². The van der Waals surface area contributed by atoms with Gasteiger partial charge in [0.25, 0.3) is 5.91 Å². The highest BCUT2D eigenvalue weighted by Gasteiger charge is 2.28. The van der Waals surface area contributed by atoms with Crippen LogP contribution in [-0.4, -0.2) is 17.8 Å². The molecule has 2 N–H and O–H groups in total. The molecule has 4 rings (SSSR count). The molecule has 3 aromatic carbocycles. The van der Waals surface area contributed by atoms with Crippen molar-refractivity contribution < 1.29 is 19.1 Å². The van der Waals surface area contributed by atoms with Gasteiger partial charge in [-0.1, -0.05) is 30.3 Å². The van der Waals surface area contributed by atoms with Gasteiger partial charge in [0.1, 0.15) is 6.10 Å². The molecule has 0 radical (unpaired) electrons. The Morgan fingerprint density at radius 2 is 1.57 bits per heavy atom. The van der Waals surface area contributed by atoms with Gasteiger partial charge in [-0.15, -0.1) is 0 Å². The molecular weight excluding hydrogens is 380 g/mol. The minimum atomic E-state index is -0.384. The maximum absolute atomic E-state index is 12.7. The van der Waals surface area contributed by atoms with Crippen molar-refractivity contribution in [1.29, 1.82) is 0 Å². The maximum atomic E-state index is 12.7. The number of ether oxygens (including phenoxy) is 1. The minimum absolute atomic E-state index is 0.159. The molecule has 2 amide bonds. The van der Waals surface area contributed by atoms with Crippen LogP contribution in [0.5, 0.6) is 0 Å². The van der Waals surface area contributed by atoms with Crippen LogP contribution in [-0.2, 0) is 16.0 Å². The number of rotatable bonds is 4. The molecule has 0 aliphatic carbocycles. The zero-order valence-corrected chi connectivity index (χ0v) is 16.3. The van der Waals surface area contributed by atoms with Crippen molar-refractivity contribution in [3.05, 3.63) is 95.1 Å². The van der Waals surface area contributed by atoms with Gasteiger partial charge < -0.3 is 15.4 Å². The van der Waals surface area contributed by atoms with Crippen LogP contribution in [0, 0.1) is 0 Å². The molecule has 0 saturated carbocycles. The van der Waals surface area contributed by atoms with Crippen molar-refractivity contribution in [2.45, 2.75) is 19.4 Å². The van der Waals surface area contributed by atoms with Crippen LogP contribution in [0.25, 0.3) is 0 Å². The Kier molecular flexibility index (Phi) is 5.30. The van der Waals surface area contributed by atoms with Gasteiger partial charge >= 0.3 is 5.97 Å². The Bertz CT molecular complexity index is 1110. The standard InChI is InChI=1S/C24H20N2O4/c1-15(27)25-19-8-10-20(11-9-19)26-23(28)17-7-12-21-18(13-17)14-22(30-24(21)29)16-5-3-2-4-6-16/h2-13,22H,14H2,1H3,(H,25,27)(H,26,28)/t22-/m0/s1. The van der Waals surface area contributed by atoms with Crippen LogP contribution < -0.4 is 10.6 Å². The molecule has 0 aromatic heterocycles. The molecule has 30 heavy (non-hydrogen) atoms. The molecule has 1 aliphatic rings. The van der Waals surface area contributed by atoms with Gasteiger partial charge in [-0.25, -0.2) is 4.79 Å². The third-order valence-corrected chi connectivity index (χ3v) is 4.88. The number of hydrogen-bond acceptors (Lipinski definition) is 4. The second kappa shape index (κ2) is 8.21.